The van der Waals surface area contributed by atoms with Crippen molar-refractivity contribution in [1.29, 1.82) is 0 Å². The molecule has 5 N–H and O–H groups in total. The normalized spacial score (nSPS) is 18.7. The van der Waals surface area contributed by atoms with E-state index in [1.807, 2.05) is 0 Å². The summed E-state index contributed by atoms with van der Waals surface area (Å²) in [6.45, 7) is 1.94. The summed E-state index contributed by atoms with van der Waals surface area (Å²) in [5.41, 5.74) is 0.746. The topological polar surface area (TPSA) is 214 Å². The van der Waals surface area contributed by atoms with Crippen LogP contribution in [0.15, 0.2) is 6.20 Å². The Morgan fingerprint density at radius 2 is 1.42 bits per heavy atom. The summed E-state index contributed by atoms with van der Waals surface area (Å²) in [7, 11) is 0. The summed E-state index contributed by atoms with van der Waals surface area (Å²) in [4.78, 5) is 23.5. The largest absolute Gasteiger partial charge is 0.420 e. The fourth-order valence-electron chi connectivity index (χ4n) is 4.53. The smallest absolute Gasteiger partial charge is 0.313 e. The first kappa shape index (κ1) is 44.0. The standard InChI is InChI=1S/C31H44F5N5O12/c32-25-26(33)28(35)31(29(36)27(25)34)53-24(45)3-7-48-10-9-47-6-2-22(44)38-18-51-14-13-50-12-11-49-8-5-41-16-19(39-40-41)1-4-37-23-15-20(43)30(46)21(17-42)52-23/h16,20-21,23,30,37,42-43,46H,1-15,17-18H2,(H,38,44)/t20-,21-,23-,30-/m1/s1. The number of halogens is 5. The van der Waals surface area contributed by atoms with Crippen LogP contribution in [-0.4, -0.2) is 146 Å². The molecule has 0 bridgehead atoms. The van der Waals surface area contributed by atoms with Crippen molar-refractivity contribution < 1.29 is 80.0 Å². The number of ether oxygens (including phenoxy) is 7. The lowest BCUT2D eigenvalue weighted by atomic mass is 10.0. The summed E-state index contributed by atoms with van der Waals surface area (Å²) >= 11 is 0. The van der Waals surface area contributed by atoms with Crippen LogP contribution in [0.5, 0.6) is 5.75 Å². The Hall–Kier alpha value is -3.45. The third-order valence-electron chi connectivity index (χ3n) is 7.35. The Bertz CT molecular complexity index is 1380. The maximum absolute atomic E-state index is 13.6. The Labute approximate surface area is 300 Å². The Morgan fingerprint density at radius 1 is 0.830 bits per heavy atom. The highest BCUT2D eigenvalue weighted by atomic mass is 19.2. The van der Waals surface area contributed by atoms with Crippen molar-refractivity contribution in [2.45, 2.75) is 56.8 Å². The molecule has 300 valence electrons. The first-order valence-corrected chi connectivity index (χ1v) is 16.6. The van der Waals surface area contributed by atoms with Crippen molar-refractivity contribution >= 4 is 11.9 Å². The molecule has 0 unspecified atom stereocenters. The van der Waals surface area contributed by atoms with E-state index in [0.29, 0.717) is 39.3 Å². The van der Waals surface area contributed by atoms with Gasteiger partial charge < -0.3 is 53.8 Å². The Kier molecular flexibility index (Phi) is 19.9. The van der Waals surface area contributed by atoms with E-state index in [1.54, 1.807) is 10.9 Å². The molecule has 3 rings (SSSR count). The van der Waals surface area contributed by atoms with Crippen LogP contribution in [0.25, 0.3) is 0 Å². The third-order valence-corrected chi connectivity index (χ3v) is 7.35. The molecule has 1 aliphatic rings. The van der Waals surface area contributed by atoms with E-state index in [-0.39, 0.29) is 65.1 Å². The fraction of sp³-hybridized carbons (Fsp3) is 0.677. The van der Waals surface area contributed by atoms with Gasteiger partial charge in [0.15, 0.2) is 0 Å². The highest BCUT2D eigenvalue weighted by molar-refractivity contribution is 5.75. The molecular formula is C31H44F5N5O12. The molecule has 1 fully saturated rings. The van der Waals surface area contributed by atoms with E-state index in [4.69, 9.17) is 28.4 Å². The van der Waals surface area contributed by atoms with Gasteiger partial charge in [0.2, 0.25) is 40.7 Å². The third kappa shape index (κ3) is 15.4. The highest BCUT2D eigenvalue weighted by Crippen LogP contribution is 2.29. The van der Waals surface area contributed by atoms with Crippen LogP contribution in [0.2, 0.25) is 0 Å². The molecule has 0 spiro atoms. The SMILES string of the molecule is O=C(CCOCCOCCC(=O)Oc1c(F)c(F)c(F)c(F)c1F)NCOCCOCCOCCn1cc(CCN[C@H]2C[C@@H](O)[C@@H](O)[C@@H](CO)O2)nn1. The average molecular weight is 774 g/mol. The lowest BCUT2D eigenvalue weighted by Crippen LogP contribution is -2.54. The zero-order valence-corrected chi connectivity index (χ0v) is 28.7. The zero-order valence-electron chi connectivity index (χ0n) is 28.7. The van der Waals surface area contributed by atoms with Crippen LogP contribution in [0.4, 0.5) is 22.0 Å². The van der Waals surface area contributed by atoms with Gasteiger partial charge >= 0.3 is 5.97 Å². The van der Waals surface area contributed by atoms with Crippen LogP contribution in [0, 0.1) is 29.1 Å². The number of aromatic nitrogens is 3. The number of hydrogen-bond acceptors (Lipinski definition) is 15. The molecule has 4 atom stereocenters. The summed E-state index contributed by atoms with van der Waals surface area (Å²) in [6, 6.07) is 0. The predicted molar refractivity (Wildman–Crippen MR) is 167 cm³/mol. The van der Waals surface area contributed by atoms with Crippen LogP contribution in [0.1, 0.15) is 25.0 Å². The van der Waals surface area contributed by atoms with Gasteiger partial charge in [0.1, 0.15) is 25.2 Å². The van der Waals surface area contributed by atoms with Gasteiger partial charge in [0, 0.05) is 25.6 Å². The molecule has 1 aromatic carbocycles. The molecule has 1 aliphatic heterocycles. The highest BCUT2D eigenvalue weighted by Gasteiger charge is 2.36. The summed E-state index contributed by atoms with van der Waals surface area (Å²) in [5.74, 6) is -14.7. The summed E-state index contributed by atoms with van der Waals surface area (Å²) in [6.07, 6.45) is -1.41. The Morgan fingerprint density at radius 3 is 2.08 bits per heavy atom. The van der Waals surface area contributed by atoms with E-state index in [2.05, 4.69) is 25.7 Å². The minimum absolute atomic E-state index is 0.0136. The van der Waals surface area contributed by atoms with E-state index >= 15 is 0 Å². The molecule has 1 amide bonds. The fourth-order valence-corrected chi connectivity index (χ4v) is 4.53. The van der Waals surface area contributed by atoms with Crippen molar-refractivity contribution in [3.63, 3.8) is 0 Å². The number of benzene rings is 1. The van der Waals surface area contributed by atoms with Crippen LogP contribution >= 0.6 is 0 Å². The van der Waals surface area contributed by atoms with Crippen LogP contribution < -0.4 is 15.4 Å². The van der Waals surface area contributed by atoms with Crippen molar-refractivity contribution in [2.24, 2.45) is 0 Å². The van der Waals surface area contributed by atoms with Crippen molar-refractivity contribution in [3.05, 3.63) is 41.0 Å². The van der Waals surface area contributed by atoms with Gasteiger partial charge in [0.25, 0.3) is 0 Å². The predicted octanol–water partition coefficient (Wildman–Crippen LogP) is -0.523. The number of hydrogen-bond donors (Lipinski definition) is 5. The molecule has 53 heavy (non-hydrogen) atoms. The molecule has 0 saturated carbocycles. The number of esters is 1. The number of nitrogens with one attached hydrogen (secondary N) is 2. The van der Waals surface area contributed by atoms with Gasteiger partial charge in [0.05, 0.1) is 97.3 Å². The van der Waals surface area contributed by atoms with E-state index in [9.17, 15) is 46.9 Å². The van der Waals surface area contributed by atoms with Gasteiger partial charge in [-0.2, -0.15) is 8.78 Å². The molecule has 2 heterocycles. The molecule has 0 aliphatic carbocycles. The number of aliphatic hydroxyl groups is 3. The monoisotopic (exact) mass is 773 g/mol. The minimum Gasteiger partial charge on any atom is -0.420 e. The van der Waals surface area contributed by atoms with Crippen molar-refractivity contribution in [2.75, 3.05) is 79.3 Å². The van der Waals surface area contributed by atoms with Crippen molar-refractivity contribution in [3.8, 4) is 5.75 Å². The summed E-state index contributed by atoms with van der Waals surface area (Å²) < 4.78 is 104. The first-order chi connectivity index (χ1) is 25.5. The molecular weight excluding hydrogens is 729 g/mol. The first-order valence-electron chi connectivity index (χ1n) is 16.6. The van der Waals surface area contributed by atoms with E-state index in [0.717, 1.165) is 5.69 Å². The van der Waals surface area contributed by atoms with Gasteiger partial charge in [-0.05, 0) is 0 Å². The van der Waals surface area contributed by atoms with Gasteiger partial charge in [-0.25, -0.2) is 17.9 Å². The lowest BCUT2D eigenvalue weighted by Gasteiger charge is -2.36. The number of carbonyl (C=O) groups is 2. The maximum Gasteiger partial charge on any atom is 0.313 e. The maximum atomic E-state index is 13.6. The molecule has 2 aromatic rings. The molecule has 1 saturated heterocycles. The molecule has 1 aromatic heterocycles. The van der Waals surface area contributed by atoms with E-state index < -0.39 is 78.4 Å². The van der Waals surface area contributed by atoms with Gasteiger partial charge in [-0.15, -0.1) is 5.10 Å². The molecule has 0 radical (unpaired) electrons. The molecule has 17 nitrogen and oxygen atoms in total. The number of amides is 1. The van der Waals surface area contributed by atoms with Gasteiger partial charge in [-0.3, -0.25) is 14.9 Å². The second-order valence-electron chi connectivity index (χ2n) is 11.3. The zero-order chi connectivity index (χ0) is 38.6. The number of nitrogens with zero attached hydrogens (tertiary/aromatic N) is 3. The summed E-state index contributed by atoms with van der Waals surface area (Å²) in [5, 5.41) is 42.8. The number of carbonyl (C=O) groups excluding carboxylic acids is 2. The lowest BCUT2D eigenvalue weighted by molar-refractivity contribution is -0.186. The number of rotatable bonds is 26. The second kappa shape index (κ2) is 24.1. The average Bonchev–Trinajstić information content (AvgIpc) is 3.60. The van der Waals surface area contributed by atoms with Crippen LogP contribution in [-0.2, 0) is 51.0 Å². The number of aliphatic hydroxyl groups excluding tert-OH is 3. The van der Waals surface area contributed by atoms with E-state index in [1.165, 1.54) is 0 Å². The Balaban J connectivity index is 1.07. The van der Waals surface area contributed by atoms with Crippen LogP contribution in [0.3, 0.4) is 0 Å². The van der Waals surface area contributed by atoms with Gasteiger partial charge in [-0.1, -0.05) is 5.21 Å². The minimum atomic E-state index is -2.37. The molecule has 22 heteroatoms. The quantitative estimate of drug-likeness (QED) is 0.0155. The second-order valence-corrected chi connectivity index (χ2v) is 11.3. The van der Waals surface area contributed by atoms with Crippen molar-refractivity contribution in [1.82, 2.24) is 25.6 Å².